The van der Waals surface area contributed by atoms with Crippen molar-refractivity contribution < 1.29 is 4.42 Å². The molecule has 268 valence electrons. The van der Waals surface area contributed by atoms with Crippen LogP contribution < -0.4 is 0 Å². The van der Waals surface area contributed by atoms with Crippen LogP contribution in [0.2, 0.25) is 0 Å². The maximum absolute atomic E-state index is 6.50. The van der Waals surface area contributed by atoms with E-state index in [0.717, 1.165) is 91.5 Å². The zero-order valence-electron chi connectivity index (χ0n) is 31.0. The first-order chi connectivity index (χ1) is 28.3. The van der Waals surface area contributed by atoms with Gasteiger partial charge in [-0.15, -0.1) is 0 Å². The summed E-state index contributed by atoms with van der Waals surface area (Å²) in [4.78, 5) is 15.1. The minimum Gasteiger partial charge on any atom is -0.456 e. The van der Waals surface area contributed by atoms with Crippen LogP contribution in [0.5, 0.6) is 0 Å². The van der Waals surface area contributed by atoms with E-state index in [0.29, 0.717) is 17.5 Å². The summed E-state index contributed by atoms with van der Waals surface area (Å²) in [5.41, 5.74) is 13.6. The van der Waals surface area contributed by atoms with E-state index >= 15 is 0 Å². The van der Waals surface area contributed by atoms with E-state index in [1.165, 1.54) is 16.5 Å². The van der Waals surface area contributed by atoms with Gasteiger partial charge in [-0.1, -0.05) is 139 Å². The molecule has 0 amide bonds. The fourth-order valence-corrected chi connectivity index (χ4v) is 8.30. The normalized spacial score (nSPS) is 13.4. The summed E-state index contributed by atoms with van der Waals surface area (Å²) in [6.45, 7) is 0. The van der Waals surface area contributed by atoms with E-state index in [1.54, 1.807) is 0 Å². The van der Waals surface area contributed by atoms with Crippen LogP contribution in [0.15, 0.2) is 168 Å². The summed E-state index contributed by atoms with van der Waals surface area (Å²) < 4.78 is 8.87. The SMILES string of the molecule is C1#Cc2c(c3cc(-c4ccc5oc6cccc(-c7nc(-c8ccccc8)nc(-c8ccccc8)n7)c6c5c4)ccc3n2-c2ccccc2C2=CC=CCC2)C=CC1. The fourth-order valence-electron chi connectivity index (χ4n) is 8.30. The summed E-state index contributed by atoms with van der Waals surface area (Å²) in [5.74, 6) is 8.78. The van der Waals surface area contributed by atoms with Crippen LogP contribution in [0.3, 0.4) is 0 Å². The predicted octanol–water partition coefficient (Wildman–Crippen LogP) is 12.9. The van der Waals surface area contributed by atoms with Crippen LogP contribution in [0, 0.1) is 11.8 Å². The summed E-state index contributed by atoms with van der Waals surface area (Å²) in [6, 6.07) is 48.3. The Kier molecular flexibility index (Phi) is 7.86. The van der Waals surface area contributed by atoms with Crippen molar-refractivity contribution in [3.05, 3.63) is 181 Å². The van der Waals surface area contributed by atoms with Crippen LogP contribution in [-0.4, -0.2) is 19.5 Å². The van der Waals surface area contributed by atoms with Crippen molar-refractivity contribution in [1.29, 1.82) is 0 Å². The highest BCUT2D eigenvalue weighted by Crippen LogP contribution is 2.41. The lowest BCUT2D eigenvalue weighted by atomic mass is 9.96. The molecule has 5 nitrogen and oxygen atoms in total. The molecule has 0 atom stereocenters. The first-order valence-corrected chi connectivity index (χ1v) is 19.4. The number of para-hydroxylation sites is 1. The van der Waals surface area contributed by atoms with Gasteiger partial charge in [0, 0.05) is 50.4 Å². The largest absolute Gasteiger partial charge is 0.456 e. The van der Waals surface area contributed by atoms with E-state index in [4.69, 9.17) is 19.4 Å². The third kappa shape index (κ3) is 5.70. The molecule has 0 spiro atoms. The Labute approximate surface area is 330 Å². The molecule has 2 aliphatic carbocycles. The topological polar surface area (TPSA) is 56.7 Å². The average molecular weight is 731 g/mol. The molecule has 3 aromatic heterocycles. The van der Waals surface area contributed by atoms with Gasteiger partial charge in [0.05, 0.1) is 11.2 Å². The van der Waals surface area contributed by atoms with Crippen molar-refractivity contribution in [1.82, 2.24) is 19.5 Å². The second-order valence-corrected chi connectivity index (χ2v) is 14.4. The Bertz CT molecular complexity index is 3150. The van der Waals surface area contributed by atoms with E-state index in [2.05, 4.69) is 114 Å². The highest BCUT2D eigenvalue weighted by Gasteiger charge is 2.22. The molecule has 0 unspecified atom stereocenters. The van der Waals surface area contributed by atoms with Crippen LogP contribution in [0.25, 0.3) is 95.5 Å². The van der Waals surface area contributed by atoms with Crippen LogP contribution in [-0.2, 0) is 0 Å². The zero-order valence-corrected chi connectivity index (χ0v) is 31.0. The Morgan fingerprint density at radius 3 is 2.05 bits per heavy atom. The summed E-state index contributed by atoms with van der Waals surface area (Å²) in [7, 11) is 0. The third-order valence-corrected chi connectivity index (χ3v) is 11.0. The molecule has 5 heteroatoms. The van der Waals surface area contributed by atoms with Gasteiger partial charge in [0.2, 0.25) is 0 Å². The molecule has 0 saturated carbocycles. The lowest BCUT2D eigenvalue weighted by molar-refractivity contribution is 0.669. The molecule has 0 saturated heterocycles. The first-order valence-electron chi connectivity index (χ1n) is 19.4. The minimum atomic E-state index is 0.597. The van der Waals surface area contributed by atoms with Crippen molar-refractivity contribution in [2.45, 2.75) is 19.3 Å². The molecule has 0 N–H and O–H groups in total. The fraction of sp³-hybridized carbons (Fsp3) is 0.0577. The lowest BCUT2D eigenvalue weighted by Gasteiger charge is -2.17. The lowest BCUT2D eigenvalue weighted by Crippen LogP contribution is -2.03. The van der Waals surface area contributed by atoms with E-state index in [1.807, 2.05) is 72.8 Å². The number of benzene rings is 6. The number of hydrogen-bond donors (Lipinski definition) is 0. The third-order valence-electron chi connectivity index (χ3n) is 11.0. The monoisotopic (exact) mass is 730 g/mol. The molecule has 0 fully saturated rings. The maximum Gasteiger partial charge on any atom is 0.164 e. The summed E-state index contributed by atoms with van der Waals surface area (Å²) in [6.07, 6.45) is 13.9. The molecule has 9 aromatic rings. The second-order valence-electron chi connectivity index (χ2n) is 14.4. The Morgan fingerprint density at radius 2 is 1.28 bits per heavy atom. The van der Waals surface area contributed by atoms with Gasteiger partial charge in [0.15, 0.2) is 17.5 Å². The Hall–Kier alpha value is -7.55. The van der Waals surface area contributed by atoms with Crippen molar-refractivity contribution in [2.75, 3.05) is 0 Å². The number of allylic oxidation sites excluding steroid dienone is 5. The summed E-state index contributed by atoms with van der Waals surface area (Å²) in [5, 5.41) is 3.15. The smallest absolute Gasteiger partial charge is 0.164 e. The van der Waals surface area contributed by atoms with Crippen molar-refractivity contribution in [2.24, 2.45) is 0 Å². The number of hydrogen-bond acceptors (Lipinski definition) is 4. The molecule has 11 rings (SSSR count). The minimum absolute atomic E-state index is 0.597. The zero-order chi connectivity index (χ0) is 37.7. The standard InChI is InChI=1S/C52H34N4O/c1-5-16-34(17-6-1)39-22-13-14-26-44(39)56-45-25-12-4-11-23-40(45)42-32-37(28-30-46(42)56)38-29-31-47-43(33-38)49-41(24-15-27-48(49)57-47)52-54-50(35-18-7-2-8-19-35)53-51(55-52)36-20-9-3-10-21-36/h1-3,5,7-11,13-16,18-24,26-33H,4,6,17H2. The van der Waals surface area contributed by atoms with Crippen molar-refractivity contribution in [3.8, 4) is 62.8 Å². The highest BCUT2D eigenvalue weighted by molar-refractivity contribution is 6.13. The van der Waals surface area contributed by atoms with Gasteiger partial charge in [0.25, 0.3) is 0 Å². The average Bonchev–Trinajstić information content (AvgIpc) is 3.70. The van der Waals surface area contributed by atoms with Crippen LogP contribution in [0.4, 0.5) is 0 Å². The van der Waals surface area contributed by atoms with Gasteiger partial charge < -0.3 is 8.98 Å². The quantitative estimate of drug-likeness (QED) is 0.160. The van der Waals surface area contributed by atoms with Gasteiger partial charge in [-0.2, -0.15) is 0 Å². The molecule has 2 aliphatic rings. The Balaban J connectivity index is 1.08. The molecule has 0 aliphatic heterocycles. The number of nitrogens with zero attached hydrogens (tertiary/aromatic N) is 4. The van der Waals surface area contributed by atoms with Gasteiger partial charge in [-0.25, -0.2) is 15.0 Å². The maximum atomic E-state index is 6.50. The number of furan rings is 1. The molecule has 0 bridgehead atoms. The van der Waals surface area contributed by atoms with Gasteiger partial charge in [0.1, 0.15) is 16.9 Å². The van der Waals surface area contributed by atoms with Gasteiger partial charge in [-0.05, 0) is 71.9 Å². The van der Waals surface area contributed by atoms with Gasteiger partial charge >= 0.3 is 0 Å². The predicted molar refractivity (Wildman–Crippen MR) is 233 cm³/mol. The van der Waals surface area contributed by atoms with Gasteiger partial charge in [-0.3, -0.25) is 0 Å². The highest BCUT2D eigenvalue weighted by atomic mass is 16.3. The van der Waals surface area contributed by atoms with Crippen LogP contribution >= 0.6 is 0 Å². The molecular weight excluding hydrogens is 697 g/mol. The number of fused-ring (bicyclic) bond motifs is 6. The number of rotatable bonds is 6. The first kappa shape index (κ1) is 32.8. The van der Waals surface area contributed by atoms with Crippen LogP contribution in [0.1, 0.15) is 36.1 Å². The number of aromatic nitrogens is 4. The molecule has 0 radical (unpaired) electrons. The van der Waals surface area contributed by atoms with Crippen molar-refractivity contribution >= 4 is 44.5 Å². The van der Waals surface area contributed by atoms with E-state index in [9.17, 15) is 0 Å². The van der Waals surface area contributed by atoms with E-state index < -0.39 is 0 Å². The summed E-state index contributed by atoms with van der Waals surface area (Å²) >= 11 is 0. The second kappa shape index (κ2) is 13.6. The molecular formula is C52H34N4O. The Morgan fingerprint density at radius 1 is 0.579 bits per heavy atom. The molecule has 57 heavy (non-hydrogen) atoms. The molecule has 6 aromatic carbocycles. The molecule has 3 heterocycles. The van der Waals surface area contributed by atoms with E-state index in [-0.39, 0.29) is 0 Å². The van der Waals surface area contributed by atoms with Crippen molar-refractivity contribution in [3.63, 3.8) is 0 Å².